The summed E-state index contributed by atoms with van der Waals surface area (Å²) >= 11 is 0. The van der Waals surface area contributed by atoms with E-state index in [2.05, 4.69) is 10.6 Å². The van der Waals surface area contributed by atoms with Crippen molar-refractivity contribution < 1.29 is 18.7 Å². The monoisotopic (exact) mass is 300 g/mol. The minimum Gasteiger partial charge on any atom is -0.479 e. The first kappa shape index (κ1) is 14.1. The molecule has 0 saturated carbocycles. The van der Waals surface area contributed by atoms with Gasteiger partial charge >= 0.3 is 0 Å². The Morgan fingerprint density at radius 1 is 1.27 bits per heavy atom. The first-order valence-corrected chi connectivity index (χ1v) is 6.67. The van der Waals surface area contributed by atoms with Gasteiger partial charge in [-0.2, -0.15) is 0 Å². The molecule has 2 aromatic rings. The smallest absolute Gasteiger partial charge is 0.262 e. The summed E-state index contributed by atoms with van der Waals surface area (Å²) in [6, 6.07) is 8.75. The van der Waals surface area contributed by atoms with Gasteiger partial charge in [0.05, 0.1) is 11.4 Å². The normalized spacial score (nSPS) is 12.9. The Labute approximate surface area is 126 Å². The molecule has 2 aromatic carbocycles. The van der Waals surface area contributed by atoms with Crippen LogP contribution in [0.2, 0.25) is 0 Å². The summed E-state index contributed by atoms with van der Waals surface area (Å²) in [5.74, 6) is -0.613. The van der Waals surface area contributed by atoms with Crippen molar-refractivity contribution in [2.45, 2.75) is 6.92 Å². The van der Waals surface area contributed by atoms with Crippen LogP contribution in [0.5, 0.6) is 5.75 Å². The fraction of sp³-hybridized carbons (Fsp3) is 0.125. The van der Waals surface area contributed by atoms with Gasteiger partial charge in [0.15, 0.2) is 12.4 Å². The van der Waals surface area contributed by atoms with Crippen molar-refractivity contribution in [1.29, 1.82) is 0 Å². The van der Waals surface area contributed by atoms with Crippen LogP contribution in [0, 0.1) is 12.7 Å². The maximum atomic E-state index is 12.9. The van der Waals surface area contributed by atoms with Crippen molar-refractivity contribution >= 4 is 23.2 Å². The van der Waals surface area contributed by atoms with Gasteiger partial charge < -0.3 is 15.4 Å². The molecule has 0 aromatic heterocycles. The van der Waals surface area contributed by atoms with Gasteiger partial charge in [-0.15, -0.1) is 0 Å². The molecule has 1 heterocycles. The molecule has 0 aliphatic carbocycles. The van der Waals surface area contributed by atoms with Crippen LogP contribution in [0.15, 0.2) is 36.4 Å². The van der Waals surface area contributed by atoms with E-state index >= 15 is 0 Å². The summed E-state index contributed by atoms with van der Waals surface area (Å²) in [5, 5.41) is 5.42. The number of benzene rings is 2. The summed E-state index contributed by atoms with van der Waals surface area (Å²) < 4.78 is 18.3. The fourth-order valence-electron chi connectivity index (χ4n) is 2.23. The molecule has 1 aliphatic heterocycles. The number of fused-ring (bicyclic) bond motifs is 1. The summed E-state index contributed by atoms with van der Waals surface area (Å²) in [4.78, 5) is 23.6. The number of anilines is 2. The average Bonchev–Trinajstić information content (AvgIpc) is 2.47. The summed E-state index contributed by atoms with van der Waals surface area (Å²) in [5.41, 5.74) is 2.17. The van der Waals surface area contributed by atoms with Crippen molar-refractivity contribution in [3.8, 4) is 5.75 Å². The zero-order chi connectivity index (χ0) is 15.7. The van der Waals surface area contributed by atoms with Gasteiger partial charge in [0.1, 0.15) is 5.82 Å². The van der Waals surface area contributed by atoms with Gasteiger partial charge in [0, 0.05) is 5.56 Å². The van der Waals surface area contributed by atoms with E-state index in [1.54, 1.807) is 12.1 Å². The van der Waals surface area contributed by atoms with Gasteiger partial charge in [-0.3, -0.25) is 9.59 Å². The standard InChI is InChI=1S/C16H13FN2O3/c1-9-6-12-15(22-8-14(20)18-12)13(7-9)19-16(21)10-2-4-11(17)5-3-10/h2-7H,8H2,1H3,(H,18,20)(H,19,21). The Bertz CT molecular complexity index is 757. The zero-order valence-corrected chi connectivity index (χ0v) is 11.8. The second-order valence-corrected chi connectivity index (χ2v) is 4.99. The van der Waals surface area contributed by atoms with Crippen LogP contribution < -0.4 is 15.4 Å². The van der Waals surface area contributed by atoms with Crippen molar-refractivity contribution in [1.82, 2.24) is 0 Å². The number of halogens is 1. The third-order valence-electron chi connectivity index (χ3n) is 3.21. The Kier molecular flexibility index (Phi) is 3.50. The van der Waals surface area contributed by atoms with E-state index in [0.717, 1.165) is 5.56 Å². The lowest BCUT2D eigenvalue weighted by atomic mass is 10.1. The van der Waals surface area contributed by atoms with Gasteiger partial charge in [0.25, 0.3) is 11.8 Å². The minimum absolute atomic E-state index is 0.102. The van der Waals surface area contributed by atoms with Crippen LogP contribution in [0.1, 0.15) is 15.9 Å². The lowest BCUT2D eigenvalue weighted by Crippen LogP contribution is -2.26. The molecule has 0 radical (unpaired) electrons. The lowest BCUT2D eigenvalue weighted by Gasteiger charge is -2.21. The van der Waals surface area contributed by atoms with E-state index < -0.39 is 5.82 Å². The molecule has 112 valence electrons. The first-order valence-electron chi connectivity index (χ1n) is 6.67. The largest absolute Gasteiger partial charge is 0.479 e. The molecule has 1 aliphatic rings. The topological polar surface area (TPSA) is 67.4 Å². The van der Waals surface area contributed by atoms with Crippen molar-refractivity contribution in [3.63, 3.8) is 0 Å². The van der Waals surface area contributed by atoms with Crippen LogP contribution in [0.3, 0.4) is 0 Å². The number of carbonyl (C=O) groups excluding carboxylic acids is 2. The summed E-state index contributed by atoms with van der Waals surface area (Å²) in [7, 11) is 0. The molecule has 2 N–H and O–H groups in total. The van der Waals surface area contributed by atoms with Crippen molar-refractivity contribution in [2.24, 2.45) is 0 Å². The second kappa shape index (κ2) is 5.48. The quantitative estimate of drug-likeness (QED) is 0.896. The number of ether oxygens (including phenoxy) is 1. The molecule has 0 saturated heterocycles. The van der Waals surface area contributed by atoms with Crippen LogP contribution in [-0.4, -0.2) is 18.4 Å². The summed E-state index contributed by atoms with van der Waals surface area (Å²) in [6.45, 7) is 1.74. The molecule has 0 atom stereocenters. The highest BCUT2D eigenvalue weighted by Crippen LogP contribution is 2.37. The second-order valence-electron chi connectivity index (χ2n) is 4.99. The van der Waals surface area contributed by atoms with E-state index in [-0.39, 0.29) is 18.4 Å². The minimum atomic E-state index is -0.407. The maximum absolute atomic E-state index is 12.9. The number of carbonyl (C=O) groups is 2. The fourth-order valence-corrected chi connectivity index (χ4v) is 2.23. The highest BCUT2D eigenvalue weighted by atomic mass is 19.1. The van der Waals surface area contributed by atoms with Crippen LogP contribution >= 0.6 is 0 Å². The number of hydrogen-bond donors (Lipinski definition) is 2. The molecule has 5 nitrogen and oxygen atoms in total. The van der Waals surface area contributed by atoms with Crippen LogP contribution in [0.25, 0.3) is 0 Å². The average molecular weight is 300 g/mol. The highest BCUT2D eigenvalue weighted by molar-refractivity contribution is 6.06. The molecule has 2 amide bonds. The third kappa shape index (κ3) is 2.76. The Morgan fingerprint density at radius 2 is 2.00 bits per heavy atom. The molecule has 22 heavy (non-hydrogen) atoms. The van der Waals surface area contributed by atoms with Crippen LogP contribution in [-0.2, 0) is 4.79 Å². The van der Waals surface area contributed by atoms with E-state index in [4.69, 9.17) is 4.74 Å². The maximum Gasteiger partial charge on any atom is 0.262 e. The SMILES string of the molecule is Cc1cc2c(c(NC(=O)c3ccc(F)cc3)c1)OCC(=O)N2. The molecule has 0 spiro atoms. The van der Waals surface area contributed by atoms with Gasteiger partial charge in [-0.05, 0) is 48.9 Å². The van der Waals surface area contributed by atoms with Gasteiger partial charge in [-0.25, -0.2) is 4.39 Å². The van der Waals surface area contributed by atoms with E-state index in [1.807, 2.05) is 6.92 Å². The van der Waals surface area contributed by atoms with Gasteiger partial charge in [0.2, 0.25) is 0 Å². The Balaban J connectivity index is 1.90. The predicted octanol–water partition coefficient (Wildman–Crippen LogP) is 2.72. The highest BCUT2D eigenvalue weighted by Gasteiger charge is 2.21. The van der Waals surface area contributed by atoms with Gasteiger partial charge in [-0.1, -0.05) is 0 Å². The van der Waals surface area contributed by atoms with E-state index in [9.17, 15) is 14.0 Å². The number of nitrogens with one attached hydrogen (secondary N) is 2. The number of rotatable bonds is 2. The van der Waals surface area contributed by atoms with E-state index in [0.29, 0.717) is 22.7 Å². The first-order chi connectivity index (χ1) is 10.5. The summed E-state index contributed by atoms with van der Waals surface area (Å²) in [6.07, 6.45) is 0. The Hall–Kier alpha value is -2.89. The molecular weight excluding hydrogens is 287 g/mol. The molecule has 0 fully saturated rings. The predicted molar refractivity (Wildman–Crippen MR) is 79.7 cm³/mol. The molecule has 3 rings (SSSR count). The molecule has 6 heteroatoms. The number of hydrogen-bond acceptors (Lipinski definition) is 3. The molecule has 0 unspecified atom stereocenters. The van der Waals surface area contributed by atoms with Crippen molar-refractivity contribution in [3.05, 3.63) is 53.3 Å². The molecule has 0 bridgehead atoms. The molecular formula is C16H13FN2O3. The zero-order valence-electron chi connectivity index (χ0n) is 11.8. The Morgan fingerprint density at radius 3 is 2.73 bits per heavy atom. The van der Waals surface area contributed by atoms with Crippen molar-refractivity contribution in [2.75, 3.05) is 17.2 Å². The number of amides is 2. The van der Waals surface area contributed by atoms with Crippen LogP contribution in [0.4, 0.5) is 15.8 Å². The van der Waals surface area contributed by atoms with E-state index in [1.165, 1.54) is 24.3 Å². The third-order valence-corrected chi connectivity index (χ3v) is 3.21. The number of aryl methyl sites for hydroxylation is 1. The lowest BCUT2D eigenvalue weighted by molar-refractivity contribution is -0.118.